The normalized spacial score (nSPS) is 11.4. The van der Waals surface area contributed by atoms with Crippen molar-refractivity contribution in [1.29, 1.82) is 0 Å². The highest BCUT2D eigenvalue weighted by Gasteiger charge is 2.37. The standard InChI is InChI=1S/C17H20F3N5O2S/c1-10-5-6-11(2)12(7-10)21-13(26)8-24(3)14(27)9-28-16-23-22-15(25(16)4)17(18,19)20/h5-7H,8-9H2,1-4H3,(H,21,26). The Labute approximate surface area is 164 Å². The molecule has 1 heterocycles. The summed E-state index contributed by atoms with van der Waals surface area (Å²) in [6.45, 7) is 3.58. The number of aromatic nitrogens is 3. The van der Waals surface area contributed by atoms with Crippen molar-refractivity contribution in [2.75, 3.05) is 24.7 Å². The number of thioether (sulfide) groups is 1. The molecule has 152 valence electrons. The van der Waals surface area contributed by atoms with Crippen LogP contribution in [0.5, 0.6) is 0 Å². The van der Waals surface area contributed by atoms with Crippen LogP contribution in [-0.4, -0.2) is 50.8 Å². The van der Waals surface area contributed by atoms with Crippen molar-refractivity contribution in [2.24, 2.45) is 7.05 Å². The molecule has 2 aromatic rings. The summed E-state index contributed by atoms with van der Waals surface area (Å²) < 4.78 is 38.9. The van der Waals surface area contributed by atoms with Crippen molar-refractivity contribution in [3.63, 3.8) is 0 Å². The molecule has 0 radical (unpaired) electrons. The lowest BCUT2D eigenvalue weighted by atomic mass is 10.1. The van der Waals surface area contributed by atoms with Gasteiger partial charge in [-0.05, 0) is 31.0 Å². The number of nitrogens with one attached hydrogen (secondary N) is 1. The SMILES string of the molecule is Cc1ccc(C)c(NC(=O)CN(C)C(=O)CSc2nnc(C(F)(F)F)n2C)c1. The predicted octanol–water partition coefficient (Wildman–Crippen LogP) is 2.64. The van der Waals surface area contributed by atoms with Gasteiger partial charge in [0.1, 0.15) is 0 Å². The molecule has 1 aromatic heterocycles. The first-order chi connectivity index (χ1) is 13.0. The van der Waals surface area contributed by atoms with Gasteiger partial charge in [0.25, 0.3) is 0 Å². The highest BCUT2D eigenvalue weighted by molar-refractivity contribution is 7.99. The lowest BCUT2D eigenvalue weighted by molar-refractivity contribution is -0.147. The molecule has 1 N–H and O–H groups in total. The number of benzene rings is 1. The molecule has 0 bridgehead atoms. The number of alkyl halides is 3. The molecule has 0 spiro atoms. The summed E-state index contributed by atoms with van der Waals surface area (Å²) in [5.74, 6) is -2.09. The first-order valence-electron chi connectivity index (χ1n) is 8.19. The largest absolute Gasteiger partial charge is 0.451 e. The Morgan fingerprint density at radius 1 is 1.25 bits per heavy atom. The fraction of sp³-hybridized carbons (Fsp3) is 0.412. The average molecular weight is 415 g/mol. The van der Waals surface area contributed by atoms with Crippen molar-refractivity contribution < 1.29 is 22.8 Å². The summed E-state index contributed by atoms with van der Waals surface area (Å²) >= 11 is 0.822. The van der Waals surface area contributed by atoms with E-state index in [2.05, 4.69) is 15.5 Å². The Hall–Kier alpha value is -2.56. The minimum absolute atomic E-state index is 0.0334. The van der Waals surface area contributed by atoms with Gasteiger partial charge < -0.3 is 14.8 Å². The smallest absolute Gasteiger partial charge is 0.336 e. The Morgan fingerprint density at radius 3 is 2.54 bits per heavy atom. The summed E-state index contributed by atoms with van der Waals surface area (Å²) in [5, 5.41) is 9.27. The fourth-order valence-corrected chi connectivity index (χ4v) is 3.14. The van der Waals surface area contributed by atoms with Gasteiger partial charge in [-0.2, -0.15) is 13.2 Å². The summed E-state index contributed by atoms with van der Waals surface area (Å²) in [7, 11) is 2.63. The molecule has 11 heteroatoms. The molecule has 0 aliphatic heterocycles. The van der Waals surface area contributed by atoms with Crippen molar-refractivity contribution >= 4 is 29.3 Å². The lowest BCUT2D eigenvalue weighted by Crippen LogP contribution is -2.36. The maximum atomic E-state index is 12.7. The molecular formula is C17H20F3N5O2S. The quantitative estimate of drug-likeness (QED) is 0.734. The number of anilines is 1. The Kier molecular flexibility index (Phi) is 6.70. The maximum absolute atomic E-state index is 12.7. The van der Waals surface area contributed by atoms with Crippen molar-refractivity contribution in [1.82, 2.24) is 19.7 Å². The number of halogens is 3. The van der Waals surface area contributed by atoms with E-state index in [0.29, 0.717) is 5.69 Å². The average Bonchev–Trinajstić information content (AvgIpc) is 2.96. The third-order valence-electron chi connectivity index (χ3n) is 3.89. The van der Waals surface area contributed by atoms with Crippen LogP contribution < -0.4 is 5.32 Å². The zero-order valence-corrected chi connectivity index (χ0v) is 16.6. The van der Waals surface area contributed by atoms with E-state index < -0.39 is 17.9 Å². The molecule has 28 heavy (non-hydrogen) atoms. The summed E-state index contributed by atoms with van der Waals surface area (Å²) in [5.41, 5.74) is 2.55. The fourth-order valence-electron chi connectivity index (χ4n) is 2.29. The number of hydrogen-bond acceptors (Lipinski definition) is 5. The number of likely N-dealkylation sites (N-methyl/N-ethyl adjacent to an activating group) is 1. The van der Waals surface area contributed by atoms with Gasteiger partial charge >= 0.3 is 6.18 Å². The van der Waals surface area contributed by atoms with Crippen LogP contribution in [0.15, 0.2) is 23.4 Å². The van der Waals surface area contributed by atoms with E-state index in [1.54, 1.807) is 0 Å². The Morgan fingerprint density at radius 2 is 1.93 bits per heavy atom. The van der Waals surface area contributed by atoms with Crippen LogP contribution in [0.3, 0.4) is 0 Å². The van der Waals surface area contributed by atoms with E-state index in [1.807, 2.05) is 32.0 Å². The maximum Gasteiger partial charge on any atom is 0.451 e. The molecule has 0 saturated carbocycles. The van der Waals surface area contributed by atoms with Crippen LogP contribution in [0.4, 0.5) is 18.9 Å². The lowest BCUT2D eigenvalue weighted by Gasteiger charge is -2.17. The van der Waals surface area contributed by atoms with Gasteiger partial charge in [0.2, 0.25) is 17.6 Å². The number of rotatable bonds is 6. The van der Waals surface area contributed by atoms with Crippen LogP contribution in [0, 0.1) is 13.8 Å². The molecule has 2 rings (SSSR count). The first-order valence-corrected chi connectivity index (χ1v) is 9.18. The van der Waals surface area contributed by atoms with Crippen molar-refractivity contribution in [3.8, 4) is 0 Å². The summed E-state index contributed by atoms with van der Waals surface area (Å²) in [6.07, 6.45) is -4.62. The van der Waals surface area contributed by atoms with Crippen LogP contribution in [0.25, 0.3) is 0 Å². The molecular weight excluding hydrogens is 395 g/mol. The number of aryl methyl sites for hydroxylation is 2. The number of nitrogens with zero attached hydrogens (tertiary/aromatic N) is 4. The van der Waals surface area contributed by atoms with Gasteiger partial charge in [0.15, 0.2) is 5.16 Å². The molecule has 2 amide bonds. The molecule has 0 unspecified atom stereocenters. The zero-order valence-electron chi connectivity index (χ0n) is 15.8. The van der Waals surface area contributed by atoms with E-state index in [0.717, 1.165) is 27.5 Å². The highest BCUT2D eigenvalue weighted by Crippen LogP contribution is 2.29. The van der Waals surface area contributed by atoms with E-state index in [1.165, 1.54) is 19.0 Å². The molecule has 0 fully saturated rings. The molecule has 0 atom stereocenters. The van der Waals surface area contributed by atoms with Crippen LogP contribution in [0.1, 0.15) is 17.0 Å². The molecule has 1 aromatic carbocycles. The third kappa shape index (κ3) is 5.47. The summed E-state index contributed by atoms with van der Waals surface area (Å²) in [4.78, 5) is 25.6. The van der Waals surface area contributed by atoms with Crippen LogP contribution >= 0.6 is 11.8 Å². The van der Waals surface area contributed by atoms with E-state index in [4.69, 9.17) is 0 Å². The van der Waals surface area contributed by atoms with E-state index in [9.17, 15) is 22.8 Å². The Bertz CT molecular complexity index is 882. The number of carbonyl (C=O) groups is 2. The molecule has 0 aliphatic carbocycles. The Balaban J connectivity index is 1.90. The van der Waals surface area contributed by atoms with Gasteiger partial charge in [0, 0.05) is 19.8 Å². The van der Waals surface area contributed by atoms with Gasteiger partial charge in [-0.25, -0.2) is 0 Å². The van der Waals surface area contributed by atoms with E-state index >= 15 is 0 Å². The third-order valence-corrected chi connectivity index (χ3v) is 4.89. The zero-order chi connectivity index (χ0) is 21.1. The molecule has 7 nitrogen and oxygen atoms in total. The summed E-state index contributed by atoms with van der Waals surface area (Å²) in [6, 6.07) is 5.64. The van der Waals surface area contributed by atoms with Gasteiger partial charge in [-0.1, -0.05) is 23.9 Å². The second-order valence-electron chi connectivity index (χ2n) is 6.27. The van der Waals surface area contributed by atoms with Gasteiger partial charge in [-0.15, -0.1) is 10.2 Å². The monoisotopic (exact) mass is 415 g/mol. The van der Waals surface area contributed by atoms with E-state index in [-0.39, 0.29) is 23.4 Å². The number of amides is 2. The van der Waals surface area contributed by atoms with Crippen LogP contribution in [-0.2, 0) is 22.8 Å². The molecule has 0 aliphatic rings. The molecule has 0 saturated heterocycles. The highest BCUT2D eigenvalue weighted by atomic mass is 32.2. The first kappa shape index (κ1) is 21.7. The predicted molar refractivity (Wildman–Crippen MR) is 98.9 cm³/mol. The van der Waals surface area contributed by atoms with Crippen LogP contribution in [0.2, 0.25) is 0 Å². The number of carbonyl (C=O) groups excluding carboxylic acids is 2. The van der Waals surface area contributed by atoms with Crippen molar-refractivity contribution in [2.45, 2.75) is 25.2 Å². The second-order valence-corrected chi connectivity index (χ2v) is 7.21. The second kappa shape index (κ2) is 8.63. The number of hydrogen-bond donors (Lipinski definition) is 1. The minimum atomic E-state index is -4.62. The van der Waals surface area contributed by atoms with Gasteiger partial charge in [0.05, 0.1) is 12.3 Å². The van der Waals surface area contributed by atoms with Gasteiger partial charge in [-0.3, -0.25) is 9.59 Å². The topological polar surface area (TPSA) is 80.1 Å². The van der Waals surface area contributed by atoms with Crippen molar-refractivity contribution in [3.05, 3.63) is 35.2 Å². The minimum Gasteiger partial charge on any atom is -0.336 e.